The zero-order valence-electron chi connectivity index (χ0n) is 18.8. The van der Waals surface area contributed by atoms with Gasteiger partial charge in [-0.3, -0.25) is 15.0 Å². The van der Waals surface area contributed by atoms with E-state index in [0.717, 1.165) is 67.6 Å². The number of hydrogen-bond donors (Lipinski definition) is 2. The Bertz CT molecular complexity index is 1230. The average Bonchev–Trinajstić information content (AvgIpc) is 3.35. The highest BCUT2D eigenvalue weighted by Gasteiger charge is 2.28. The van der Waals surface area contributed by atoms with Gasteiger partial charge in [-0.05, 0) is 42.5 Å². The van der Waals surface area contributed by atoms with Crippen molar-refractivity contribution in [2.75, 3.05) is 49.6 Å². The van der Waals surface area contributed by atoms with Crippen molar-refractivity contribution in [3.63, 3.8) is 0 Å². The van der Waals surface area contributed by atoms with Crippen LogP contribution < -0.4 is 10.2 Å². The van der Waals surface area contributed by atoms with Crippen LogP contribution in [0.3, 0.4) is 0 Å². The zero-order chi connectivity index (χ0) is 22.7. The maximum Gasteiger partial charge on any atom is 0.227 e. The fourth-order valence-corrected chi connectivity index (χ4v) is 4.44. The van der Waals surface area contributed by atoms with E-state index >= 15 is 0 Å². The molecule has 1 aromatic carbocycles. The van der Waals surface area contributed by atoms with Crippen LogP contribution in [0.5, 0.6) is 0 Å². The van der Waals surface area contributed by atoms with E-state index in [1.807, 2.05) is 18.2 Å². The first-order chi connectivity index (χ1) is 16.8. The topological polar surface area (TPSA) is 95.1 Å². The SMILES string of the molecule is c1cncc(-c2[nH]ncc2-c2ccnc(Nc3ccc(N4CCN(C5COC5)CC4)cc3)n2)c1. The Morgan fingerprint density at radius 1 is 0.941 bits per heavy atom. The molecular weight excluding hydrogens is 428 g/mol. The molecule has 0 spiro atoms. The summed E-state index contributed by atoms with van der Waals surface area (Å²) < 4.78 is 5.34. The van der Waals surface area contributed by atoms with E-state index in [2.05, 4.69) is 59.5 Å². The van der Waals surface area contributed by atoms with Gasteiger partial charge in [-0.15, -0.1) is 0 Å². The van der Waals surface area contributed by atoms with Crippen LogP contribution in [-0.2, 0) is 4.74 Å². The first kappa shape index (κ1) is 20.8. The first-order valence-electron chi connectivity index (χ1n) is 11.5. The van der Waals surface area contributed by atoms with Gasteiger partial charge >= 0.3 is 0 Å². The number of nitrogens with zero attached hydrogens (tertiary/aromatic N) is 6. The molecule has 0 aliphatic carbocycles. The van der Waals surface area contributed by atoms with Gasteiger partial charge in [0.05, 0.1) is 36.8 Å². The third-order valence-electron chi connectivity index (χ3n) is 6.46. The predicted molar refractivity (Wildman–Crippen MR) is 131 cm³/mol. The summed E-state index contributed by atoms with van der Waals surface area (Å²) in [5.74, 6) is 0.542. The Morgan fingerprint density at radius 3 is 2.53 bits per heavy atom. The number of rotatable bonds is 6. The number of aromatic nitrogens is 5. The Kier molecular flexibility index (Phi) is 5.62. The molecular formula is C25H26N8O. The van der Waals surface area contributed by atoms with Gasteiger partial charge in [-0.1, -0.05) is 0 Å². The van der Waals surface area contributed by atoms with E-state index in [0.29, 0.717) is 12.0 Å². The van der Waals surface area contributed by atoms with Crippen LogP contribution in [-0.4, -0.2) is 75.5 Å². The molecule has 4 aromatic rings. The van der Waals surface area contributed by atoms with Gasteiger partial charge in [0.2, 0.25) is 5.95 Å². The molecule has 0 saturated carbocycles. The number of ether oxygens (including phenoxy) is 1. The van der Waals surface area contributed by atoms with Crippen molar-refractivity contribution in [3.8, 4) is 22.5 Å². The lowest BCUT2D eigenvalue weighted by Crippen LogP contribution is -2.56. The highest BCUT2D eigenvalue weighted by atomic mass is 16.5. The zero-order valence-corrected chi connectivity index (χ0v) is 18.8. The van der Waals surface area contributed by atoms with Crippen molar-refractivity contribution >= 4 is 17.3 Å². The molecule has 2 saturated heterocycles. The lowest BCUT2D eigenvalue weighted by molar-refractivity contribution is -0.0660. The number of nitrogens with one attached hydrogen (secondary N) is 2. The van der Waals surface area contributed by atoms with Gasteiger partial charge in [0.1, 0.15) is 0 Å². The van der Waals surface area contributed by atoms with Crippen molar-refractivity contribution in [1.82, 2.24) is 30.0 Å². The summed E-state index contributed by atoms with van der Waals surface area (Å²) in [5, 5.41) is 10.6. The summed E-state index contributed by atoms with van der Waals surface area (Å²) >= 11 is 0. The lowest BCUT2D eigenvalue weighted by Gasteiger charge is -2.43. The van der Waals surface area contributed by atoms with Crippen molar-refractivity contribution in [3.05, 3.63) is 67.3 Å². The molecule has 9 nitrogen and oxygen atoms in total. The Balaban J connectivity index is 1.13. The van der Waals surface area contributed by atoms with Crippen LogP contribution in [0.15, 0.2) is 67.3 Å². The second kappa shape index (κ2) is 9.20. The van der Waals surface area contributed by atoms with Gasteiger partial charge in [0.15, 0.2) is 0 Å². The van der Waals surface area contributed by atoms with Crippen LogP contribution in [0.1, 0.15) is 0 Å². The number of piperazine rings is 1. The van der Waals surface area contributed by atoms with Crippen molar-refractivity contribution in [2.24, 2.45) is 0 Å². The van der Waals surface area contributed by atoms with Gasteiger partial charge in [-0.25, -0.2) is 9.97 Å². The molecule has 0 unspecified atom stereocenters. The molecule has 2 fully saturated rings. The number of aromatic amines is 1. The van der Waals surface area contributed by atoms with Crippen molar-refractivity contribution in [1.29, 1.82) is 0 Å². The smallest absolute Gasteiger partial charge is 0.227 e. The molecule has 0 amide bonds. The molecule has 0 bridgehead atoms. The third-order valence-corrected chi connectivity index (χ3v) is 6.46. The minimum Gasteiger partial charge on any atom is -0.378 e. The molecule has 2 N–H and O–H groups in total. The molecule has 34 heavy (non-hydrogen) atoms. The van der Waals surface area contributed by atoms with Crippen LogP contribution in [0.25, 0.3) is 22.5 Å². The standard InChI is InChI=1S/C25H26N8O/c1-2-18(14-26-8-1)24-22(15-28-31-24)23-7-9-27-25(30-23)29-19-3-5-20(6-4-19)32-10-12-33(13-11-32)21-16-34-17-21/h1-9,14-15,21H,10-13,16-17H2,(H,28,31)(H,27,29,30). The predicted octanol–water partition coefficient (Wildman–Crippen LogP) is 3.19. The molecule has 0 atom stereocenters. The molecule has 3 aromatic heterocycles. The highest BCUT2D eigenvalue weighted by molar-refractivity contribution is 5.78. The van der Waals surface area contributed by atoms with Crippen molar-refractivity contribution < 1.29 is 4.74 Å². The summed E-state index contributed by atoms with van der Waals surface area (Å²) in [7, 11) is 0. The number of benzene rings is 1. The van der Waals surface area contributed by atoms with E-state index in [-0.39, 0.29) is 0 Å². The fraction of sp³-hybridized carbons (Fsp3) is 0.280. The molecule has 6 rings (SSSR count). The van der Waals surface area contributed by atoms with E-state index in [1.165, 1.54) is 5.69 Å². The summed E-state index contributed by atoms with van der Waals surface area (Å²) in [6, 6.07) is 14.9. The molecule has 2 aliphatic heterocycles. The maximum atomic E-state index is 5.34. The maximum absolute atomic E-state index is 5.34. The summed E-state index contributed by atoms with van der Waals surface area (Å²) in [4.78, 5) is 18.3. The third kappa shape index (κ3) is 4.23. The number of H-pyrrole nitrogens is 1. The number of hydrogen-bond acceptors (Lipinski definition) is 8. The van der Waals surface area contributed by atoms with Gasteiger partial charge in [0, 0.05) is 67.3 Å². The molecule has 0 radical (unpaired) electrons. The Labute approximate surface area is 197 Å². The fourth-order valence-electron chi connectivity index (χ4n) is 4.44. The second-order valence-electron chi connectivity index (χ2n) is 8.55. The first-order valence-corrected chi connectivity index (χ1v) is 11.5. The Hall–Kier alpha value is -3.82. The summed E-state index contributed by atoms with van der Waals surface area (Å²) in [5.41, 5.74) is 5.72. The van der Waals surface area contributed by atoms with E-state index < -0.39 is 0 Å². The molecule has 9 heteroatoms. The second-order valence-corrected chi connectivity index (χ2v) is 8.55. The lowest BCUT2D eigenvalue weighted by atomic mass is 10.1. The molecule has 2 aliphatic rings. The van der Waals surface area contributed by atoms with Gasteiger partial charge < -0.3 is 15.0 Å². The average molecular weight is 455 g/mol. The van der Waals surface area contributed by atoms with E-state index in [4.69, 9.17) is 9.72 Å². The minimum absolute atomic E-state index is 0.542. The van der Waals surface area contributed by atoms with E-state index in [1.54, 1.807) is 24.8 Å². The van der Waals surface area contributed by atoms with Crippen LogP contribution in [0.4, 0.5) is 17.3 Å². The van der Waals surface area contributed by atoms with Gasteiger partial charge in [0.25, 0.3) is 0 Å². The van der Waals surface area contributed by atoms with Crippen LogP contribution in [0, 0.1) is 0 Å². The summed E-state index contributed by atoms with van der Waals surface area (Å²) in [6.07, 6.45) is 7.09. The van der Waals surface area contributed by atoms with Crippen LogP contribution in [0.2, 0.25) is 0 Å². The van der Waals surface area contributed by atoms with E-state index in [9.17, 15) is 0 Å². The number of pyridine rings is 1. The normalized spacial score (nSPS) is 16.9. The van der Waals surface area contributed by atoms with Gasteiger partial charge in [-0.2, -0.15) is 5.10 Å². The van der Waals surface area contributed by atoms with Crippen molar-refractivity contribution in [2.45, 2.75) is 6.04 Å². The highest BCUT2D eigenvalue weighted by Crippen LogP contribution is 2.29. The number of anilines is 3. The quantitative estimate of drug-likeness (QED) is 0.459. The largest absolute Gasteiger partial charge is 0.378 e. The Morgan fingerprint density at radius 2 is 1.79 bits per heavy atom. The van der Waals surface area contributed by atoms with Crippen LogP contribution >= 0.6 is 0 Å². The molecule has 172 valence electrons. The summed E-state index contributed by atoms with van der Waals surface area (Å²) in [6.45, 7) is 6.02. The minimum atomic E-state index is 0.542. The molecule has 5 heterocycles. The monoisotopic (exact) mass is 454 g/mol.